The average molecular weight is 306 g/mol. The fraction of sp³-hybridized carbons (Fsp3) is 0.267. The van der Waals surface area contributed by atoms with Gasteiger partial charge in [-0.25, -0.2) is 14.5 Å². The number of carboxylic acid groups (broad SMARTS) is 1. The van der Waals surface area contributed by atoms with Gasteiger partial charge in [0.15, 0.2) is 5.82 Å². The molecule has 0 bridgehead atoms. The minimum atomic E-state index is -1.02. The van der Waals surface area contributed by atoms with Gasteiger partial charge >= 0.3 is 5.97 Å². The zero-order valence-electron chi connectivity index (χ0n) is 11.9. The quantitative estimate of drug-likeness (QED) is 0.862. The van der Waals surface area contributed by atoms with Crippen molar-refractivity contribution in [3.8, 4) is 5.69 Å². The number of benzene rings is 1. The van der Waals surface area contributed by atoms with Crippen LogP contribution in [-0.4, -0.2) is 25.8 Å². The highest BCUT2D eigenvalue weighted by molar-refractivity contribution is 6.32. The monoisotopic (exact) mass is 305 g/mol. The van der Waals surface area contributed by atoms with Gasteiger partial charge in [-0.15, -0.1) is 0 Å². The lowest BCUT2D eigenvalue weighted by Gasteiger charge is -2.09. The molecule has 1 aromatic carbocycles. The van der Waals surface area contributed by atoms with E-state index >= 15 is 0 Å². The van der Waals surface area contributed by atoms with Crippen LogP contribution in [0.2, 0.25) is 5.02 Å². The number of carboxylic acids is 1. The summed E-state index contributed by atoms with van der Waals surface area (Å²) >= 11 is 6.19. The Kier molecular flexibility index (Phi) is 4.75. The third-order valence-corrected chi connectivity index (χ3v) is 3.33. The minimum absolute atomic E-state index is 0.473. The Morgan fingerprint density at radius 3 is 2.76 bits per heavy atom. The number of aryl methyl sites for hydroxylation is 2. The second-order valence-corrected chi connectivity index (χ2v) is 4.81. The zero-order valence-corrected chi connectivity index (χ0v) is 12.6. The van der Waals surface area contributed by atoms with E-state index < -0.39 is 5.97 Å². The molecular formula is C15H16ClN3O2. The molecule has 0 saturated heterocycles. The van der Waals surface area contributed by atoms with E-state index in [1.165, 1.54) is 6.08 Å². The van der Waals surface area contributed by atoms with Crippen molar-refractivity contribution >= 4 is 23.6 Å². The summed E-state index contributed by atoms with van der Waals surface area (Å²) < 4.78 is 1.73. The molecule has 2 rings (SSSR count). The summed E-state index contributed by atoms with van der Waals surface area (Å²) in [5, 5.41) is 13.7. The lowest BCUT2D eigenvalue weighted by Crippen LogP contribution is -2.04. The fourth-order valence-corrected chi connectivity index (χ4v) is 2.23. The molecule has 0 atom stereocenters. The molecule has 0 aliphatic rings. The van der Waals surface area contributed by atoms with Gasteiger partial charge in [-0.2, -0.15) is 5.10 Å². The molecule has 1 aromatic heterocycles. The van der Waals surface area contributed by atoms with Crippen LogP contribution in [0.1, 0.15) is 31.1 Å². The van der Waals surface area contributed by atoms with Crippen molar-refractivity contribution in [1.82, 2.24) is 14.8 Å². The lowest BCUT2D eigenvalue weighted by molar-refractivity contribution is -0.131. The topological polar surface area (TPSA) is 68.0 Å². The number of carbonyl (C=O) groups is 1. The third-order valence-electron chi connectivity index (χ3n) is 3.00. The standard InChI is InChI=1S/C15H16ClN3O2/c1-3-13-17-14(4-2)19(18-13)12-7-5-6-11(16)10(12)8-9-15(20)21/h5-9H,3-4H2,1-2H3,(H,20,21). The molecule has 6 heteroatoms. The SMILES string of the molecule is CCc1nc(CC)n(-c2cccc(Cl)c2C=CC(=O)O)n1. The van der Waals surface area contributed by atoms with Crippen LogP contribution in [0.3, 0.4) is 0 Å². The third kappa shape index (κ3) is 3.31. The maximum absolute atomic E-state index is 10.7. The van der Waals surface area contributed by atoms with Gasteiger partial charge in [0.1, 0.15) is 5.82 Å². The smallest absolute Gasteiger partial charge is 0.328 e. The molecule has 0 radical (unpaired) electrons. The molecule has 0 saturated carbocycles. The van der Waals surface area contributed by atoms with Crippen LogP contribution < -0.4 is 0 Å². The predicted octanol–water partition coefficient (Wildman–Crippen LogP) is 3.14. The zero-order chi connectivity index (χ0) is 15.4. The molecule has 0 unspecified atom stereocenters. The van der Waals surface area contributed by atoms with Crippen LogP contribution >= 0.6 is 11.6 Å². The number of hydrogen-bond donors (Lipinski definition) is 1. The van der Waals surface area contributed by atoms with E-state index in [-0.39, 0.29) is 0 Å². The van der Waals surface area contributed by atoms with Crippen molar-refractivity contribution in [2.24, 2.45) is 0 Å². The summed E-state index contributed by atoms with van der Waals surface area (Å²) in [7, 11) is 0. The van der Waals surface area contributed by atoms with Crippen LogP contribution in [0, 0.1) is 0 Å². The van der Waals surface area contributed by atoms with E-state index in [1.54, 1.807) is 10.7 Å². The molecule has 0 fully saturated rings. The Morgan fingerprint density at radius 1 is 1.38 bits per heavy atom. The summed E-state index contributed by atoms with van der Waals surface area (Å²) in [6, 6.07) is 5.37. The maximum atomic E-state index is 10.7. The average Bonchev–Trinajstić information content (AvgIpc) is 2.88. The van der Waals surface area contributed by atoms with Crippen LogP contribution in [0.5, 0.6) is 0 Å². The molecule has 0 aliphatic heterocycles. The summed E-state index contributed by atoms with van der Waals surface area (Å²) in [6.07, 6.45) is 4.00. The highest BCUT2D eigenvalue weighted by Gasteiger charge is 2.13. The van der Waals surface area contributed by atoms with Crippen molar-refractivity contribution in [3.63, 3.8) is 0 Å². The van der Waals surface area contributed by atoms with Crippen molar-refractivity contribution in [2.75, 3.05) is 0 Å². The second-order valence-electron chi connectivity index (χ2n) is 4.41. The summed E-state index contributed by atoms with van der Waals surface area (Å²) in [6.45, 7) is 3.99. The van der Waals surface area contributed by atoms with Crippen molar-refractivity contribution < 1.29 is 9.90 Å². The van der Waals surface area contributed by atoms with Gasteiger partial charge in [0.2, 0.25) is 0 Å². The van der Waals surface area contributed by atoms with E-state index in [9.17, 15) is 4.79 Å². The predicted molar refractivity (Wildman–Crippen MR) is 81.8 cm³/mol. The number of rotatable bonds is 5. The first-order valence-electron chi connectivity index (χ1n) is 6.71. The van der Waals surface area contributed by atoms with Crippen LogP contribution in [0.25, 0.3) is 11.8 Å². The van der Waals surface area contributed by atoms with Gasteiger partial charge in [0.05, 0.1) is 5.69 Å². The van der Waals surface area contributed by atoms with E-state index in [4.69, 9.17) is 16.7 Å². The van der Waals surface area contributed by atoms with Crippen LogP contribution in [0.15, 0.2) is 24.3 Å². The minimum Gasteiger partial charge on any atom is -0.478 e. The number of halogens is 1. The van der Waals surface area contributed by atoms with E-state index in [1.807, 2.05) is 26.0 Å². The van der Waals surface area contributed by atoms with Gasteiger partial charge in [-0.3, -0.25) is 0 Å². The summed E-state index contributed by atoms with van der Waals surface area (Å²) in [5.41, 5.74) is 1.34. The molecule has 21 heavy (non-hydrogen) atoms. The first-order valence-corrected chi connectivity index (χ1v) is 7.09. The second kappa shape index (κ2) is 6.54. The molecule has 2 aromatic rings. The molecule has 0 aliphatic carbocycles. The highest BCUT2D eigenvalue weighted by atomic mass is 35.5. The van der Waals surface area contributed by atoms with E-state index in [2.05, 4.69) is 10.1 Å². The Labute approximate surface area is 127 Å². The molecule has 5 nitrogen and oxygen atoms in total. The number of aromatic nitrogens is 3. The van der Waals surface area contributed by atoms with Crippen molar-refractivity contribution in [2.45, 2.75) is 26.7 Å². The normalized spacial score (nSPS) is 11.2. The first kappa shape index (κ1) is 15.3. The molecule has 110 valence electrons. The Balaban J connectivity index is 2.61. The van der Waals surface area contributed by atoms with Gasteiger partial charge in [-0.1, -0.05) is 31.5 Å². The summed E-state index contributed by atoms with van der Waals surface area (Å²) in [5.74, 6) is 0.545. The molecular weight excluding hydrogens is 290 g/mol. The largest absolute Gasteiger partial charge is 0.478 e. The number of nitrogens with zero attached hydrogens (tertiary/aromatic N) is 3. The van der Waals surface area contributed by atoms with Crippen LogP contribution in [0.4, 0.5) is 0 Å². The molecule has 1 N–H and O–H groups in total. The first-order chi connectivity index (χ1) is 10.1. The Bertz CT molecular complexity index is 692. The van der Waals surface area contributed by atoms with Gasteiger partial charge in [0.25, 0.3) is 0 Å². The van der Waals surface area contributed by atoms with Crippen LogP contribution in [-0.2, 0) is 17.6 Å². The van der Waals surface area contributed by atoms with Gasteiger partial charge in [0, 0.05) is 29.5 Å². The highest BCUT2D eigenvalue weighted by Crippen LogP contribution is 2.25. The molecule has 1 heterocycles. The Hall–Kier alpha value is -2.14. The van der Waals surface area contributed by atoms with Crippen molar-refractivity contribution in [1.29, 1.82) is 0 Å². The van der Waals surface area contributed by atoms with Gasteiger partial charge in [-0.05, 0) is 18.2 Å². The summed E-state index contributed by atoms with van der Waals surface area (Å²) in [4.78, 5) is 15.2. The maximum Gasteiger partial charge on any atom is 0.328 e. The van der Waals surface area contributed by atoms with E-state index in [0.29, 0.717) is 10.6 Å². The Morgan fingerprint density at radius 2 is 2.14 bits per heavy atom. The number of aliphatic carboxylic acids is 1. The van der Waals surface area contributed by atoms with E-state index in [0.717, 1.165) is 36.3 Å². The number of hydrogen-bond acceptors (Lipinski definition) is 3. The van der Waals surface area contributed by atoms with Gasteiger partial charge < -0.3 is 5.11 Å². The fourth-order valence-electron chi connectivity index (χ4n) is 1.99. The molecule has 0 amide bonds. The molecule has 0 spiro atoms. The van der Waals surface area contributed by atoms with Crippen molar-refractivity contribution in [3.05, 3.63) is 46.5 Å². The lowest BCUT2D eigenvalue weighted by atomic mass is 10.1.